The molecule has 7 heteroatoms. The molecule has 2 rings (SSSR count). The summed E-state index contributed by atoms with van der Waals surface area (Å²) in [6, 6.07) is 0.769. The SMILES string of the molecule is CCNC(=NCCCCN1CCCCC1C)NCCc1ncc(CC)s1.I. The van der Waals surface area contributed by atoms with Gasteiger partial charge >= 0.3 is 0 Å². The van der Waals surface area contributed by atoms with Gasteiger partial charge in [-0.05, 0) is 59.0 Å². The Hall–Kier alpha value is -0.410. The highest BCUT2D eigenvalue weighted by atomic mass is 127. The summed E-state index contributed by atoms with van der Waals surface area (Å²) in [5.41, 5.74) is 0. The first kappa shape index (κ1) is 24.6. The number of unbranched alkanes of at least 4 members (excludes halogenated alkanes) is 1. The number of hydrogen-bond donors (Lipinski definition) is 2. The maximum Gasteiger partial charge on any atom is 0.191 e. The maximum atomic E-state index is 4.73. The molecule has 1 atom stereocenters. The van der Waals surface area contributed by atoms with Gasteiger partial charge in [0.2, 0.25) is 0 Å². The van der Waals surface area contributed by atoms with Gasteiger partial charge in [-0.15, -0.1) is 35.3 Å². The molecule has 1 aromatic heterocycles. The second-order valence-electron chi connectivity index (χ2n) is 7.10. The van der Waals surface area contributed by atoms with E-state index in [1.165, 1.54) is 48.7 Å². The molecule has 2 N–H and O–H groups in total. The minimum atomic E-state index is 0. The van der Waals surface area contributed by atoms with Gasteiger partial charge in [0.25, 0.3) is 0 Å². The quantitative estimate of drug-likeness (QED) is 0.217. The molecule has 1 aliphatic heterocycles. The van der Waals surface area contributed by atoms with Crippen LogP contribution in [0.25, 0.3) is 0 Å². The van der Waals surface area contributed by atoms with E-state index < -0.39 is 0 Å². The number of nitrogens with one attached hydrogen (secondary N) is 2. The lowest BCUT2D eigenvalue weighted by Crippen LogP contribution is -2.38. The molecule has 0 radical (unpaired) electrons. The first-order valence-corrected chi connectivity index (χ1v) is 11.2. The van der Waals surface area contributed by atoms with Crippen molar-refractivity contribution in [3.05, 3.63) is 16.1 Å². The van der Waals surface area contributed by atoms with E-state index >= 15 is 0 Å². The number of hydrogen-bond acceptors (Lipinski definition) is 4. The molecule has 2 heterocycles. The summed E-state index contributed by atoms with van der Waals surface area (Å²) < 4.78 is 0. The van der Waals surface area contributed by atoms with Gasteiger partial charge in [-0.2, -0.15) is 0 Å². The average Bonchev–Trinajstić information content (AvgIpc) is 3.11. The molecule has 1 unspecified atom stereocenters. The first-order chi connectivity index (χ1) is 12.7. The third-order valence-corrected chi connectivity index (χ3v) is 6.19. The van der Waals surface area contributed by atoms with Crippen LogP contribution in [0.15, 0.2) is 11.2 Å². The number of piperidine rings is 1. The Kier molecular flexibility index (Phi) is 13.3. The van der Waals surface area contributed by atoms with E-state index in [1.54, 1.807) is 0 Å². The lowest BCUT2D eigenvalue weighted by Gasteiger charge is -2.33. The molecule has 1 aliphatic rings. The molecule has 156 valence electrons. The van der Waals surface area contributed by atoms with Gasteiger partial charge in [0.15, 0.2) is 5.96 Å². The predicted octanol–water partition coefficient (Wildman–Crippen LogP) is 4.08. The number of aliphatic imine (C=N–C) groups is 1. The van der Waals surface area contributed by atoms with Crippen LogP contribution in [0.3, 0.4) is 0 Å². The van der Waals surface area contributed by atoms with Crippen LogP contribution in [0.1, 0.15) is 62.8 Å². The number of nitrogens with zero attached hydrogens (tertiary/aromatic N) is 3. The van der Waals surface area contributed by atoms with E-state index in [0.29, 0.717) is 0 Å². The summed E-state index contributed by atoms with van der Waals surface area (Å²) in [5, 5.41) is 7.99. The van der Waals surface area contributed by atoms with Crippen LogP contribution in [0.4, 0.5) is 0 Å². The molecule has 5 nitrogen and oxygen atoms in total. The summed E-state index contributed by atoms with van der Waals surface area (Å²) in [7, 11) is 0. The number of halogens is 1. The van der Waals surface area contributed by atoms with E-state index in [1.807, 2.05) is 17.5 Å². The van der Waals surface area contributed by atoms with Crippen LogP contribution in [0, 0.1) is 0 Å². The average molecular weight is 508 g/mol. The number of likely N-dealkylation sites (tertiary alicyclic amines) is 1. The monoisotopic (exact) mass is 507 g/mol. The number of thiazole rings is 1. The highest BCUT2D eigenvalue weighted by Crippen LogP contribution is 2.16. The standard InChI is InChI=1S/C20H37N5S.HI/c1-4-18-16-24-19(26-18)11-13-23-20(21-5-2)22-12-7-9-15-25-14-8-6-10-17(25)3;/h16-17H,4-15H2,1-3H3,(H2,21,22,23);1H. The van der Waals surface area contributed by atoms with Crippen LogP contribution >= 0.6 is 35.3 Å². The van der Waals surface area contributed by atoms with Gasteiger partial charge in [-0.1, -0.05) is 13.3 Å². The van der Waals surface area contributed by atoms with Crippen LogP contribution in [0.5, 0.6) is 0 Å². The molecule has 1 fully saturated rings. The molecule has 0 amide bonds. The number of aryl methyl sites for hydroxylation is 1. The zero-order valence-electron chi connectivity index (χ0n) is 17.3. The van der Waals surface area contributed by atoms with Crippen molar-refractivity contribution in [2.45, 2.75) is 71.8 Å². The van der Waals surface area contributed by atoms with E-state index in [9.17, 15) is 0 Å². The third kappa shape index (κ3) is 9.56. The van der Waals surface area contributed by atoms with Gasteiger partial charge in [-0.3, -0.25) is 4.99 Å². The summed E-state index contributed by atoms with van der Waals surface area (Å²) in [5.74, 6) is 0.936. The van der Waals surface area contributed by atoms with Crippen molar-refractivity contribution in [2.24, 2.45) is 4.99 Å². The Morgan fingerprint density at radius 3 is 2.85 bits per heavy atom. The molecular formula is C20H38IN5S. The lowest BCUT2D eigenvalue weighted by molar-refractivity contribution is 0.158. The number of rotatable bonds is 10. The number of aromatic nitrogens is 1. The topological polar surface area (TPSA) is 52.6 Å². The van der Waals surface area contributed by atoms with Crippen LogP contribution in [-0.4, -0.2) is 54.6 Å². The predicted molar refractivity (Wildman–Crippen MR) is 129 cm³/mol. The second-order valence-corrected chi connectivity index (χ2v) is 8.30. The summed E-state index contributed by atoms with van der Waals surface area (Å²) in [6.45, 7) is 11.9. The molecular weight excluding hydrogens is 469 g/mol. The van der Waals surface area contributed by atoms with Crippen molar-refractivity contribution in [3.8, 4) is 0 Å². The zero-order valence-corrected chi connectivity index (χ0v) is 20.4. The van der Waals surface area contributed by atoms with Crippen molar-refractivity contribution < 1.29 is 0 Å². The highest BCUT2D eigenvalue weighted by molar-refractivity contribution is 14.0. The molecule has 1 aromatic rings. The van der Waals surface area contributed by atoms with E-state index in [2.05, 4.69) is 41.3 Å². The minimum Gasteiger partial charge on any atom is -0.357 e. The smallest absolute Gasteiger partial charge is 0.191 e. The number of guanidine groups is 1. The van der Waals surface area contributed by atoms with Crippen molar-refractivity contribution >= 4 is 41.3 Å². The molecule has 0 spiro atoms. The summed E-state index contributed by atoms with van der Waals surface area (Å²) in [6.07, 6.45) is 10.6. The van der Waals surface area contributed by atoms with Crippen molar-refractivity contribution in [2.75, 3.05) is 32.7 Å². The molecule has 0 saturated carbocycles. The largest absolute Gasteiger partial charge is 0.357 e. The fourth-order valence-corrected chi connectivity index (χ4v) is 4.23. The van der Waals surface area contributed by atoms with Crippen molar-refractivity contribution in [1.82, 2.24) is 20.5 Å². The Labute approximate surface area is 186 Å². The van der Waals surface area contributed by atoms with Crippen LogP contribution in [-0.2, 0) is 12.8 Å². The molecule has 1 saturated heterocycles. The molecule has 0 bridgehead atoms. The Morgan fingerprint density at radius 1 is 1.30 bits per heavy atom. The fourth-order valence-electron chi connectivity index (χ4n) is 3.36. The van der Waals surface area contributed by atoms with Gasteiger partial charge in [0.1, 0.15) is 0 Å². The van der Waals surface area contributed by atoms with E-state index in [4.69, 9.17) is 4.99 Å². The molecule has 0 aliphatic carbocycles. The summed E-state index contributed by atoms with van der Waals surface area (Å²) >= 11 is 1.82. The normalized spacial score (nSPS) is 18.2. The van der Waals surface area contributed by atoms with Gasteiger partial charge in [0, 0.05) is 43.2 Å². The minimum absolute atomic E-state index is 0. The highest BCUT2D eigenvalue weighted by Gasteiger charge is 2.16. The summed E-state index contributed by atoms with van der Waals surface area (Å²) in [4.78, 5) is 13.2. The Bertz CT molecular complexity index is 534. The first-order valence-electron chi connectivity index (χ1n) is 10.4. The Morgan fingerprint density at radius 2 is 2.15 bits per heavy atom. The zero-order chi connectivity index (χ0) is 18.6. The van der Waals surface area contributed by atoms with Gasteiger partial charge in [0.05, 0.1) is 5.01 Å². The van der Waals surface area contributed by atoms with Crippen molar-refractivity contribution in [3.63, 3.8) is 0 Å². The molecule has 0 aromatic carbocycles. The third-order valence-electron chi connectivity index (χ3n) is 4.99. The maximum absolute atomic E-state index is 4.73. The van der Waals surface area contributed by atoms with E-state index in [-0.39, 0.29) is 24.0 Å². The Balaban J connectivity index is 0.00000364. The van der Waals surface area contributed by atoms with Gasteiger partial charge < -0.3 is 15.5 Å². The fraction of sp³-hybridized carbons (Fsp3) is 0.800. The van der Waals surface area contributed by atoms with Crippen LogP contribution < -0.4 is 10.6 Å². The van der Waals surface area contributed by atoms with Crippen molar-refractivity contribution in [1.29, 1.82) is 0 Å². The second kappa shape index (κ2) is 14.6. The van der Waals surface area contributed by atoms with Crippen LogP contribution in [0.2, 0.25) is 0 Å². The van der Waals surface area contributed by atoms with Gasteiger partial charge in [-0.25, -0.2) is 4.98 Å². The van der Waals surface area contributed by atoms with E-state index in [0.717, 1.165) is 50.9 Å². The lowest BCUT2D eigenvalue weighted by atomic mass is 10.0. The molecule has 27 heavy (non-hydrogen) atoms.